The van der Waals surface area contributed by atoms with Crippen LogP contribution in [0, 0.1) is 13.8 Å². The fourth-order valence-corrected chi connectivity index (χ4v) is 2.40. The van der Waals surface area contributed by atoms with Gasteiger partial charge in [0, 0.05) is 13.1 Å². The molecule has 4 nitrogen and oxygen atoms in total. The van der Waals surface area contributed by atoms with Crippen LogP contribution < -0.4 is 10.6 Å². The average molecular weight is 262 g/mol. The SMILES string of the molecule is Cc1cc(C)cc(CCNC(=O)C2COCCN2)c1. The van der Waals surface area contributed by atoms with Crippen LogP contribution in [0.1, 0.15) is 16.7 Å². The molecule has 4 heteroatoms. The van der Waals surface area contributed by atoms with E-state index < -0.39 is 0 Å². The van der Waals surface area contributed by atoms with E-state index in [4.69, 9.17) is 4.74 Å². The van der Waals surface area contributed by atoms with E-state index in [1.807, 2.05) is 0 Å². The van der Waals surface area contributed by atoms with Crippen molar-refractivity contribution < 1.29 is 9.53 Å². The van der Waals surface area contributed by atoms with E-state index in [0.29, 0.717) is 19.8 Å². The van der Waals surface area contributed by atoms with E-state index in [1.54, 1.807) is 0 Å². The van der Waals surface area contributed by atoms with Gasteiger partial charge in [0.1, 0.15) is 6.04 Å². The number of ether oxygens (including phenoxy) is 1. The van der Waals surface area contributed by atoms with Crippen LogP contribution in [-0.4, -0.2) is 38.3 Å². The fourth-order valence-electron chi connectivity index (χ4n) is 2.40. The number of amides is 1. The van der Waals surface area contributed by atoms with Crippen molar-refractivity contribution in [1.29, 1.82) is 0 Å². The largest absolute Gasteiger partial charge is 0.378 e. The summed E-state index contributed by atoms with van der Waals surface area (Å²) >= 11 is 0. The number of hydrogen-bond donors (Lipinski definition) is 2. The third-order valence-corrected chi connectivity index (χ3v) is 3.23. The molecule has 1 aromatic rings. The Balaban J connectivity index is 1.77. The van der Waals surface area contributed by atoms with Crippen LogP contribution >= 0.6 is 0 Å². The van der Waals surface area contributed by atoms with Crippen LogP contribution in [0.4, 0.5) is 0 Å². The molecule has 0 saturated carbocycles. The summed E-state index contributed by atoms with van der Waals surface area (Å²) in [5, 5.41) is 6.11. The molecule has 19 heavy (non-hydrogen) atoms. The van der Waals surface area contributed by atoms with Crippen molar-refractivity contribution in [3.05, 3.63) is 34.9 Å². The summed E-state index contributed by atoms with van der Waals surface area (Å²) in [4.78, 5) is 11.9. The lowest BCUT2D eigenvalue weighted by molar-refractivity contribution is -0.125. The Hall–Kier alpha value is -1.39. The molecule has 0 bridgehead atoms. The predicted molar refractivity (Wildman–Crippen MR) is 75.2 cm³/mol. The van der Waals surface area contributed by atoms with Crippen molar-refractivity contribution >= 4 is 5.91 Å². The Morgan fingerprint density at radius 3 is 2.74 bits per heavy atom. The third kappa shape index (κ3) is 4.33. The van der Waals surface area contributed by atoms with Crippen molar-refractivity contribution in [2.45, 2.75) is 26.3 Å². The van der Waals surface area contributed by atoms with Gasteiger partial charge in [0.2, 0.25) is 5.91 Å². The zero-order valence-corrected chi connectivity index (χ0v) is 11.7. The maximum atomic E-state index is 11.9. The molecule has 0 radical (unpaired) electrons. The van der Waals surface area contributed by atoms with E-state index in [-0.39, 0.29) is 11.9 Å². The highest BCUT2D eigenvalue weighted by Crippen LogP contribution is 2.09. The van der Waals surface area contributed by atoms with E-state index >= 15 is 0 Å². The van der Waals surface area contributed by atoms with Crippen LogP contribution in [0.5, 0.6) is 0 Å². The molecule has 1 atom stereocenters. The zero-order chi connectivity index (χ0) is 13.7. The van der Waals surface area contributed by atoms with Crippen molar-refractivity contribution in [3.8, 4) is 0 Å². The number of carbonyl (C=O) groups excluding carboxylic acids is 1. The lowest BCUT2D eigenvalue weighted by Crippen LogP contribution is -2.51. The number of benzene rings is 1. The molecule has 1 heterocycles. The Morgan fingerprint density at radius 1 is 1.37 bits per heavy atom. The first-order chi connectivity index (χ1) is 9.15. The molecule has 2 rings (SSSR count). The predicted octanol–water partition coefficient (Wildman–Crippen LogP) is 0.951. The number of morpholine rings is 1. The molecular weight excluding hydrogens is 240 g/mol. The summed E-state index contributed by atoms with van der Waals surface area (Å²) in [7, 11) is 0. The molecule has 1 aromatic carbocycles. The maximum absolute atomic E-state index is 11.9. The van der Waals surface area contributed by atoms with E-state index in [0.717, 1.165) is 13.0 Å². The quantitative estimate of drug-likeness (QED) is 0.849. The molecule has 104 valence electrons. The van der Waals surface area contributed by atoms with E-state index in [1.165, 1.54) is 16.7 Å². The third-order valence-electron chi connectivity index (χ3n) is 3.23. The lowest BCUT2D eigenvalue weighted by atomic mass is 10.1. The minimum absolute atomic E-state index is 0.0316. The van der Waals surface area contributed by atoms with Gasteiger partial charge < -0.3 is 15.4 Å². The van der Waals surface area contributed by atoms with Gasteiger partial charge in [0.05, 0.1) is 13.2 Å². The summed E-state index contributed by atoms with van der Waals surface area (Å²) in [5.41, 5.74) is 3.80. The Bertz CT molecular complexity index is 420. The van der Waals surface area contributed by atoms with Crippen molar-refractivity contribution in [1.82, 2.24) is 10.6 Å². The monoisotopic (exact) mass is 262 g/mol. The van der Waals surface area contributed by atoms with Gasteiger partial charge in [-0.3, -0.25) is 4.79 Å². The molecular formula is C15H22N2O2. The smallest absolute Gasteiger partial charge is 0.239 e. The van der Waals surface area contributed by atoms with Crippen LogP contribution in [0.25, 0.3) is 0 Å². The molecule has 1 aliphatic heterocycles. The second-order valence-corrected chi connectivity index (χ2v) is 5.12. The molecule has 1 fully saturated rings. The van der Waals surface area contributed by atoms with Crippen LogP contribution in [0.15, 0.2) is 18.2 Å². The first kappa shape index (κ1) is 14.0. The normalized spacial score (nSPS) is 19.2. The molecule has 1 saturated heterocycles. The second-order valence-electron chi connectivity index (χ2n) is 5.12. The maximum Gasteiger partial charge on any atom is 0.239 e. The summed E-state index contributed by atoms with van der Waals surface area (Å²) < 4.78 is 5.28. The molecule has 1 amide bonds. The second kappa shape index (κ2) is 6.68. The molecule has 0 aromatic heterocycles. The first-order valence-electron chi connectivity index (χ1n) is 6.81. The van der Waals surface area contributed by atoms with Crippen molar-refractivity contribution in [2.24, 2.45) is 0 Å². The van der Waals surface area contributed by atoms with E-state index in [9.17, 15) is 4.79 Å². The Kier molecular flexibility index (Phi) is 4.93. The summed E-state index contributed by atoms with van der Waals surface area (Å²) in [6.07, 6.45) is 0.863. The standard InChI is InChI=1S/C15H22N2O2/c1-11-7-12(2)9-13(8-11)3-4-17-15(18)14-10-19-6-5-16-14/h7-9,14,16H,3-6,10H2,1-2H3,(H,17,18). The number of hydrogen-bond acceptors (Lipinski definition) is 3. The van der Waals surface area contributed by atoms with Crippen LogP contribution in [0.3, 0.4) is 0 Å². The number of carbonyl (C=O) groups is 1. The lowest BCUT2D eigenvalue weighted by Gasteiger charge is -2.22. The molecule has 0 spiro atoms. The topological polar surface area (TPSA) is 50.4 Å². The molecule has 1 aliphatic rings. The average Bonchev–Trinajstić information content (AvgIpc) is 2.38. The summed E-state index contributed by atoms with van der Waals surface area (Å²) in [5.74, 6) is 0.0316. The van der Waals surface area contributed by atoms with E-state index in [2.05, 4.69) is 42.7 Å². The van der Waals surface area contributed by atoms with Gasteiger partial charge in [-0.05, 0) is 25.8 Å². The number of aryl methyl sites for hydroxylation is 2. The number of nitrogens with one attached hydrogen (secondary N) is 2. The molecule has 2 N–H and O–H groups in total. The van der Waals surface area contributed by atoms with Gasteiger partial charge in [-0.15, -0.1) is 0 Å². The van der Waals surface area contributed by atoms with Crippen molar-refractivity contribution in [2.75, 3.05) is 26.3 Å². The fraction of sp³-hybridized carbons (Fsp3) is 0.533. The summed E-state index contributed by atoms with van der Waals surface area (Å²) in [6.45, 7) is 6.76. The Labute approximate surface area is 114 Å². The number of rotatable bonds is 4. The van der Waals surface area contributed by atoms with Gasteiger partial charge in [-0.1, -0.05) is 29.3 Å². The highest BCUT2D eigenvalue weighted by molar-refractivity contribution is 5.81. The zero-order valence-electron chi connectivity index (χ0n) is 11.7. The van der Waals surface area contributed by atoms with Gasteiger partial charge >= 0.3 is 0 Å². The van der Waals surface area contributed by atoms with Crippen LogP contribution in [0.2, 0.25) is 0 Å². The highest BCUT2D eigenvalue weighted by atomic mass is 16.5. The minimum Gasteiger partial charge on any atom is -0.378 e. The van der Waals surface area contributed by atoms with Gasteiger partial charge in [-0.2, -0.15) is 0 Å². The van der Waals surface area contributed by atoms with Gasteiger partial charge in [0.25, 0.3) is 0 Å². The highest BCUT2D eigenvalue weighted by Gasteiger charge is 2.20. The van der Waals surface area contributed by atoms with Crippen molar-refractivity contribution in [3.63, 3.8) is 0 Å². The Morgan fingerprint density at radius 2 is 2.11 bits per heavy atom. The summed E-state index contributed by atoms with van der Waals surface area (Å²) in [6, 6.07) is 6.29. The molecule has 1 unspecified atom stereocenters. The first-order valence-corrected chi connectivity index (χ1v) is 6.81. The minimum atomic E-state index is -0.201. The van der Waals surface area contributed by atoms with Gasteiger partial charge in [0.15, 0.2) is 0 Å². The van der Waals surface area contributed by atoms with Crippen LogP contribution in [-0.2, 0) is 16.0 Å². The molecule has 0 aliphatic carbocycles. The van der Waals surface area contributed by atoms with Gasteiger partial charge in [-0.25, -0.2) is 0 Å².